The third-order valence-electron chi connectivity index (χ3n) is 5.65. The predicted octanol–water partition coefficient (Wildman–Crippen LogP) is 6.85. The van der Waals surface area contributed by atoms with Crippen molar-refractivity contribution in [3.63, 3.8) is 0 Å². The first-order valence-electron chi connectivity index (χ1n) is 12.9. The molecule has 1 rings (SSSR count). The van der Waals surface area contributed by atoms with E-state index in [0.717, 1.165) is 25.7 Å². The molecule has 0 spiro atoms. The highest BCUT2D eigenvalue weighted by molar-refractivity contribution is 7.87. The normalized spacial score (nSPS) is 11.6. The largest absolute Gasteiger partial charge is 0.506 e. The highest BCUT2D eigenvalue weighted by Crippen LogP contribution is 2.38. The van der Waals surface area contributed by atoms with Crippen LogP contribution in [-0.2, 0) is 19.6 Å². The number of hydrogen-bond donors (Lipinski definition) is 2. The minimum absolute atomic E-state index is 0.0376. The van der Waals surface area contributed by atoms with Crippen LogP contribution < -0.4 is 9.50 Å². The number of nitrogens with one attached hydrogen (secondary N) is 1. The molecule has 0 heterocycles. The Kier molecular flexibility index (Phi) is 15.8. The molecular weight excluding hydrogens is 468 g/mol. The van der Waals surface area contributed by atoms with Crippen LogP contribution in [-0.4, -0.2) is 38.7 Å². The molecule has 1 aromatic rings. The number of amides is 1. The third kappa shape index (κ3) is 14.7. The van der Waals surface area contributed by atoms with Crippen molar-refractivity contribution in [3.05, 3.63) is 12.1 Å². The Morgan fingerprint density at radius 1 is 0.943 bits per heavy atom. The number of benzene rings is 1. The summed E-state index contributed by atoms with van der Waals surface area (Å²) >= 11 is 0. The SMILES string of the molecule is CCCCCCCCCCCCCCCCS(=O)(=O)Oc1cc(NC(C)=O)c(O)cc1N=COC. The molecular formula is C26H44N2O6S. The number of aliphatic imine (C=N–C) groups is 1. The number of phenols is 1. The average molecular weight is 513 g/mol. The molecule has 1 aromatic carbocycles. The minimum atomic E-state index is -3.87. The number of carbonyl (C=O) groups is 1. The van der Waals surface area contributed by atoms with Crippen molar-refractivity contribution in [2.24, 2.45) is 4.99 Å². The van der Waals surface area contributed by atoms with Crippen molar-refractivity contribution < 1.29 is 27.2 Å². The summed E-state index contributed by atoms with van der Waals surface area (Å²) in [5.74, 6) is -0.885. The van der Waals surface area contributed by atoms with Crippen LogP contribution in [0.2, 0.25) is 0 Å². The van der Waals surface area contributed by atoms with Gasteiger partial charge in [0, 0.05) is 19.1 Å². The van der Waals surface area contributed by atoms with Crippen molar-refractivity contribution in [2.45, 2.75) is 104 Å². The van der Waals surface area contributed by atoms with E-state index in [1.54, 1.807) is 0 Å². The van der Waals surface area contributed by atoms with Gasteiger partial charge in [0.2, 0.25) is 5.91 Å². The van der Waals surface area contributed by atoms with Gasteiger partial charge in [-0.2, -0.15) is 8.42 Å². The van der Waals surface area contributed by atoms with E-state index < -0.39 is 16.0 Å². The number of phenolic OH excluding ortho intramolecular Hbond substituents is 1. The summed E-state index contributed by atoms with van der Waals surface area (Å²) in [6.45, 7) is 3.52. The van der Waals surface area contributed by atoms with E-state index in [4.69, 9.17) is 8.92 Å². The van der Waals surface area contributed by atoms with Crippen molar-refractivity contribution >= 4 is 33.8 Å². The molecule has 0 fully saturated rings. The molecule has 0 saturated carbocycles. The summed E-state index contributed by atoms with van der Waals surface area (Å²) in [5.41, 5.74) is 0.110. The highest BCUT2D eigenvalue weighted by atomic mass is 32.2. The second kappa shape index (κ2) is 18.0. The predicted molar refractivity (Wildman–Crippen MR) is 142 cm³/mol. The number of aromatic hydroxyl groups is 1. The summed E-state index contributed by atoms with van der Waals surface area (Å²) in [4.78, 5) is 15.3. The monoisotopic (exact) mass is 512 g/mol. The number of ether oxygens (including phenoxy) is 1. The van der Waals surface area contributed by atoms with Crippen molar-refractivity contribution in [3.8, 4) is 11.5 Å². The fourth-order valence-corrected chi connectivity index (χ4v) is 4.82. The second-order valence-electron chi connectivity index (χ2n) is 8.93. The Balaban J connectivity index is 2.37. The summed E-state index contributed by atoms with van der Waals surface area (Å²) in [5, 5.41) is 12.5. The average Bonchev–Trinajstić information content (AvgIpc) is 2.79. The van der Waals surface area contributed by atoms with Gasteiger partial charge >= 0.3 is 10.1 Å². The van der Waals surface area contributed by atoms with Crippen LogP contribution in [0.25, 0.3) is 0 Å². The lowest BCUT2D eigenvalue weighted by Crippen LogP contribution is -2.14. The lowest BCUT2D eigenvalue weighted by atomic mass is 10.0. The van der Waals surface area contributed by atoms with Crippen molar-refractivity contribution in [2.75, 3.05) is 18.2 Å². The van der Waals surface area contributed by atoms with Gasteiger partial charge in [-0.1, -0.05) is 90.4 Å². The Hall–Kier alpha value is -2.29. The number of methoxy groups -OCH3 is 1. The summed E-state index contributed by atoms with van der Waals surface area (Å²) in [6, 6.07) is 2.44. The standard InChI is InChI=1S/C26H44N2O6S/c1-4-5-6-7-8-9-10-11-12-13-14-15-16-17-18-35(31,32)34-26-20-23(28-22(2)29)25(30)19-24(26)27-21-33-3/h19-21,30H,4-18H2,1-3H3,(H,28,29). The van der Waals surface area contributed by atoms with Crippen LogP contribution >= 0.6 is 0 Å². The van der Waals surface area contributed by atoms with Crippen LogP contribution in [0.3, 0.4) is 0 Å². The van der Waals surface area contributed by atoms with E-state index in [0.29, 0.717) is 6.42 Å². The zero-order valence-electron chi connectivity index (χ0n) is 21.7. The quantitative estimate of drug-likeness (QED) is 0.0649. The van der Waals surface area contributed by atoms with E-state index in [2.05, 4.69) is 17.2 Å². The number of hydrogen-bond acceptors (Lipinski definition) is 7. The van der Waals surface area contributed by atoms with Gasteiger partial charge in [0.1, 0.15) is 11.4 Å². The first-order chi connectivity index (χ1) is 16.8. The van der Waals surface area contributed by atoms with E-state index in [-0.39, 0.29) is 28.6 Å². The maximum atomic E-state index is 12.5. The van der Waals surface area contributed by atoms with Crippen LogP contribution in [0.5, 0.6) is 11.5 Å². The van der Waals surface area contributed by atoms with Gasteiger partial charge in [-0.3, -0.25) is 4.79 Å². The summed E-state index contributed by atoms with van der Waals surface area (Å²) in [6.07, 6.45) is 17.7. The molecule has 0 atom stereocenters. The van der Waals surface area contributed by atoms with E-state index >= 15 is 0 Å². The maximum absolute atomic E-state index is 12.5. The van der Waals surface area contributed by atoms with E-state index in [1.807, 2.05) is 0 Å². The molecule has 0 aliphatic rings. The molecule has 0 aromatic heterocycles. The molecule has 1 amide bonds. The van der Waals surface area contributed by atoms with Gasteiger partial charge in [0.05, 0.1) is 18.6 Å². The van der Waals surface area contributed by atoms with Gasteiger partial charge in [0.25, 0.3) is 0 Å². The third-order valence-corrected chi connectivity index (χ3v) is 6.87. The summed E-state index contributed by atoms with van der Waals surface area (Å²) < 4.78 is 35.1. The van der Waals surface area contributed by atoms with Crippen LogP contribution in [0, 0.1) is 0 Å². The van der Waals surface area contributed by atoms with Gasteiger partial charge in [-0.25, -0.2) is 4.99 Å². The fraction of sp³-hybridized carbons (Fsp3) is 0.692. The number of nitrogens with zero attached hydrogens (tertiary/aromatic N) is 1. The Morgan fingerprint density at radius 3 is 1.94 bits per heavy atom. The number of anilines is 1. The number of unbranched alkanes of at least 4 members (excludes halogenated alkanes) is 13. The molecule has 2 N–H and O–H groups in total. The number of carbonyl (C=O) groups excluding carboxylic acids is 1. The molecule has 200 valence electrons. The molecule has 8 nitrogen and oxygen atoms in total. The van der Waals surface area contributed by atoms with Crippen LogP contribution in [0.4, 0.5) is 11.4 Å². The Morgan fingerprint density at radius 2 is 1.46 bits per heavy atom. The van der Waals surface area contributed by atoms with Gasteiger partial charge in [-0.15, -0.1) is 0 Å². The maximum Gasteiger partial charge on any atom is 0.309 e. The summed E-state index contributed by atoms with van der Waals surface area (Å²) in [7, 11) is -2.47. The van der Waals surface area contributed by atoms with Crippen molar-refractivity contribution in [1.82, 2.24) is 0 Å². The second-order valence-corrected chi connectivity index (χ2v) is 10.6. The minimum Gasteiger partial charge on any atom is -0.506 e. The molecule has 0 radical (unpaired) electrons. The Bertz CT molecular complexity index is 871. The molecule has 0 aliphatic carbocycles. The lowest BCUT2D eigenvalue weighted by molar-refractivity contribution is -0.114. The molecule has 0 unspecified atom stereocenters. The molecule has 0 aliphatic heterocycles. The first-order valence-corrected chi connectivity index (χ1v) is 14.5. The van der Waals surface area contributed by atoms with Crippen LogP contribution in [0.15, 0.2) is 17.1 Å². The van der Waals surface area contributed by atoms with E-state index in [1.165, 1.54) is 90.4 Å². The highest BCUT2D eigenvalue weighted by Gasteiger charge is 2.18. The van der Waals surface area contributed by atoms with Crippen molar-refractivity contribution in [1.29, 1.82) is 0 Å². The number of rotatable bonds is 20. The van der Waals surface area contributed by atoms with Gasteiger partial charge < -0.3 is 19.3 Å². The van der Waals surface area contributed by atoms with Gasteiger partial charge in [0.15, 0.2) is 12.2 Å². The zero-order chi connectivity index (χ0) is 25.9. The molecule has 9 heteroatoms. The topological polar surface area (TPSA) is 114 Å². The first kappa shape index (κ1) is 30.7. The lowest BCUT2D eigenvalue weighted by Gasteiger charge is -2.12. The van der Waals surface area contributed by atoms with E-state index in [9.17, 15) is 18.3 Å². The molecule has 35 heavy (non-hydrogen) atoms. The molecule has 0 saturated heterocycles. The van der Waals surface area contributed by atoms with Crippen LogP contribution in [0.1, 0.15) is 104 Å². The zero-order valence-corrected chi connectivity index (χ0v) is 22.5. The fourth-order valence-electron chi connectivity index (χ4n) is 3.78. The van der Waals surface area contributed by atoms with Gasteiger partial charge in [-0.05, 0) is 6.42 Å². The smallest absolute Gasteiger partial charge is 0.309 e. The molecule has 0 bridgehead atoms. The Labute approximate surface area is 211 Å².